The van der Waals surface area contributed by atoms with Crippen LogP contribution in [0.1, 0.15) is 25.0 Å². The Morgan fingerprint density at radius 3 is 2.21 bits per heavy atom. The van der Waals surface area contributed by atoms with E-state index in [1.54, 1.807) is 0 Å². The summed E-state index contributed by atoms with van der Waals surface area (Å²) in [6.45, 7) is 3.67. The average molecular weight is 255 g/mol. The van der Waals surface area contributed by atoms with Crippen molar-refractivity contribution in [1.82, 2.24) is 5.32 Å². The second-order valence-electron chi connectivity index (χ2n) is 4.71. The molecule has 19 heavy (non-hydrogen) atoms. The summed E-state index contributed by atoms with van der Waals surface area (Å²) in [5.41, 5.74) is 3.34. The van der Waals surface area contributed by atoms with Crippen LogP contribution in [0.25, 0.3) is 11.1 Å². The second-order valence-corrected chi connectivity index (χ2v) is 4.71. The Balaban J connectivity index is 2.02. The third kappa shape index (κ3) is 3.91. The molecule has 0 aliphatic carbocycles. The van der Waals surface area contributed by atoms with Gasteiger partial charge in [-0.2, -0.15) is 0 Å². The summed E-state index contributed by atoms with van der Waals surface area (Å²) in [6, 6.07) is 18.4. The van der Waals surface area contributed by atoms with Gasteiger partial charge in [-0.05, 0) is 29.7 Å². The molecule has 0 radical (unpaired) electrons. The van der Waals surface area contributed by atoms with Gasteiger partial charge >= 0.3 is 0 Å². The molecule has 2 heteroatoms. The van der Waals surface area contributed by atoms with E-state index in [4.69, 9.17) is 0 Å². The van der Waals surface area contributed by atoms with Crippen LogP contribution in [0.5, 0.6) is 0 Å². The van der Waals surface area contributed by atoms with Gasteiger partial charge in [0.25, 0.3) is 0 Å². The van der Waals surface area contributed by atoms with Gasteiger partial charge in [0.1, 0.15) is 0 Å². The number of benzene rings is 2. The van der Waals surface area contributed by atoms with Crippen LogP contribution in [0, 0.1) is 0 Å². The van der Waals surface area contributed by atoms with E-state index in [2.05, 4.69) is 36.5 Å². The van der Waals surface area contributed by atoms with Crippen molar-refractivity contribution in [2.75, 3.05) is 13.1 Å². The molecular weight excluding hydrogens is 234 g/mol. The van der Waals surface area contributed by atoms with Crippen molar-refractivity contribution >= 4 is 0 Å². The summed E-state index contributed by atoms with van der Waals surface area (Å²) < 4.78 is 0. The molecule has 0 amide bonds. The standard InChI is InChI=1S/C17H21NO/c1-2-12-18-13-17(19)16-10-8-15(9-11-16)14-6-4-3-5-7-14/h3-11,17-19H,2,12-13H2,1H3. The lowest BCUT2D eigenvalue weighted by Crippen LogP contribution is -2.22. The van der Waals surface area contributed by atoms with Crippen LogP contribution >= 0.6 is 0 Å². The lowest BCUT2D eigenvalue weighted by atomic mass is 10.0. The molecular formula is C17H21NO. The normalized spacial score (nSPS) is 12.3. The van der Waals surface area contributed by atoms with Crippen LogP contribution in [0.2, 0.25) is 0 Å². The SMILES string of the molecule is CCCNCC(O)c1ccc(-c2ccccc2)cc1. The Morgan fingerprint density at radius 2 is 1.58 bits per heavy atom. The van der Waals surface area contributed by atoms with Crippen LogP contribution in [-0.2, 0) is 0 Å². The van der Waals surface area contributed by atoms with Gasteiger partial charge in [0.15, 0.2) is 0 Å². The van der Waals surface area contributed by atoms with Crippen LogP contribution in [-0.4, -0.2) is 18.2 Å². The Kier molecular flexibility index (Phi) is 5.13. The summed E-state index contributed by atoms with van der Waals surface area (Å²) in [5, 5.41) is 13.3. The average Bonchev–Trinajstić information content (AvgIpc) is 2.48. The van der Waals surface area contributed by atoms with E-state index < -0.39 is 6.10 Å². The highest BCUT2D eigenvalue weighted by molar-refractivity contribution is 5.63. The van der Waals surface area contributed by atoms with Gasteiger partial charge in [-0.1, -0.05) is 61.5 Å². The molecule has 1 unspecified atom stereocenters. The van der Waals surface area contributed by atoms with Crippen molar-refractivity contribution < 1.29 is 5.11 Å². The molecule has 0 spiro atoms. The molecule has 100 valence electrons. The minimum Gasteiger partial charge on any atom is -0.387 e. The largest absolute Gasteiger partial charge is 0.387 e. The smallest absolute Gasteiger partial charge is 0.0914 e. The predicted molar refractivity (Wildman–Crippen MR) is 80.0 cm³/mol. The first kappa shape index (κ1) is 13.8. The van der Waals surface area contributed by atoms with E-state index in [-0.39, 0.29) is 0 Å². The minimum absolute atomic E-state index is 0.434. The summed E-state index contributed by atoms with van der Waals surface area (Å²) in [5.74, 6) is 0. The molecule has 2 aromatic carbocycles. The Bertz CT molecular complexity index is 478. The molecule has 0 heterocycles. The second kappa shape index (κ2) is 7.07. The predicted octanol–water partition coefficient (Wildman–Crippen LogP) is 3.39. The molecule has 2 nitrogen and oxygen atoms in total. The first-order chi connectivity index (χ1) is 9.31. The fourth-order valence-corrected chi connectivity index (χ4v) is 2.06. The molecule has 0 aliphatic rings. The van der Waals surface area contributed by atoms with Crippen molar-refractivity contribution in [3.63, 3.8) is 0 Å². The monoisotopic (exact) mass is 255 g/mol. The lowest BCUT2D eigenvalue weighted by Gasteiger charge is -2.12. The lowest BCUT2D eigenvalue weighted by molar-refractivity contribution is 0.175. The first-order valence-electron chi connectivity index (χ1n) is 6.85. The number of aliphatic hydroxyl groups excluding tert-OH is 1. The van der Waals surface area contributed by atoms with Crippen molar-refractivity contribution in [3.8, 4) is 11.1 Å². The van der Waals surface area contributed by atoms with Gasteiger partial charge < -0.3 is 10.4 Å². The molecule has 0 saturated carbocycles. The van der Waals surface area contributed by atoms with Crippen LogP contribution in [0.4, 0.5) is 0 Å². The maximum atomic E-state index is 10.0. The first-order valence-corrected chi connectivity index (χ1v) is 6.85. The third-order valence-corrected chi connectivity index (χ3v) is 3.17. The zero-order valence-corrected chi connectivity index (χ0v) is 11.3. The van der Waals surface area contributed by atoms with E-state index >= 15 is 0 Å². The van der Waals surface area contributed by atoms with E-state index in [0.29, 0.717) is 6.54 Å². The minimum atomic E-state index is -0.434. The van der Waals surface area contributed by atoms with Crippen LogP contribution in [0.3, 0.4) is 0 Å². The maximum absolute atomic E-state index is 10.0. The summed E-state index contributed by atoms with van der Waals surface area (Å²) in [7, 11) is 0. The maximum Gasteiger partial charge on any atom is 0.0914 e. The van der Waals surface area contributed by atoms with Gasteiger partial charge in [0, 0.05) is 6.54 Å². The van der Waals surface area contributed by atoms with Gasteiger partial charge in [-0.15, -0.1) is 0 Å². The quantitative estimate of drug-likeness (QED) is 0.775. The summed E-state index contributed by atoms with van der Waals surface area (Å²) in [4.78, 5) is 0. The van der Waals surface area contributed by atoms with E-state index in [1.165, 1.54) is 11.1 Å². The number of rotatable bonds is 6. The summed E-state index contributed by atoms with van der Waals surface area (Å²) >= 11 is 0. The van der Waals surface area contributed by atoms with E-state index in [1.807, 2.05) is 30.3 Å². The fraction of sp³-hybridized carbons (Fsp3) is 0.294. The number of hydrogen-bond donors (Lipinski definition) is 2. The fourth-order valence-electron chi connectivity index (χ4n) is 2.06. The van der Waals surface area contributed by atoms with Crippen molar-refractivity contribution in [3.05, 3.63) is 60.2 Å². The van der Waals surface area contributed by atoms with Gasteiger partial charge in [-0.25, -0.2) is 0 Å². The van der Waals surface area contributed by atoms with Crippen LogP contribution in [0.15, 0.2) is 54.6 Å². The zero-order valence-electron chi connectivity index (χ0n) is 11.3. The Labute approximate surface area is 115 Å². The topological polar surface area (TPSA) is 32.3 Å². The molecule has 2 N–H and O–H groups in total. The third-order valence-electron chi connectivity index (χ3n) is 3.17. The van der Waals surface area contributed by atoms with Crippen LogP contribution < -0.4 is 5.32 Å². The highest BCUT2D eigenvalue weighted by Gasteiger charge is 2.06. The van der Waals surface area contributed by atoms with Gasteiger partial charge in [-0.3, -0.25) is 0 Å². The van der Waals surface area contributed by atoms with E-state index in [0.717, 1.165) is 18.5 Å². The molecule has 0 aromatic heterocycles. The highest BCUT2D eigenvalue weighted by Crippen LogP contribution is 2.21. The van der Waals surface area contributed by atoms with Crippen molar-refractivity contribution in [2.24, 2.45) is 0 Å². The zero-order chi connectivity index (χ0) is 13.5. The van der Waals surface area contributed by atoms with Gasteiger partial charge in [0.2, 0.25) is 0 Å². The number of hydrogen-bond acceptors (Lipinski definition) is 2. The molecule has 1 atom stereocenters. The number of nitrogens with one attached hydrogen (secondary N) is 1. The number of aliphatic hydroxyl groups is 1. The Hall–Kier alpha value is -1.64. The molecule has 0 saturated heterocycles. The molecule has 2 rings (SSSR count). The Morgan fingerprint density at radius 1 is 0.947 bits per heavy atom. The van der Waals surface area contributed by atoms with Crippen molar-refractivity contribution in [2.45, 2.75) is 19.4 Å². The molecule has 0 aliphatic heterocycles. The molecule has 2 aromatic rings. The highest BCUT2D eigenvalue weighted by atomic mass is 16.3. The van der Waals surface area contributed by atoms with Gasteiger partial charge in [0.05, 0.1) is 6.10 Å². The van der Waals surface area contributed by atoms with Crippen molar-refractivity contribution in [1.29, 1.82) is 0 Å². The molecule has 0 fully saturated rings. The van der Waals surface area contributed by atoms with E-state index in [9.17, 15) is 5.11 Å². The summed E-state index contributed by atoms with van der Waals surface area (Å²) in [6.07, 6.45) is 0.649. The molecule has 0 bridgehead atoms.